The molecule has 0 saturated carbocycles. The molecule has 0 aliphatic carbocycles. The molecule has 1 aromatic rings. The predicted octanol–water partition coefficient (Wildman–Crippen LogP) is 1.16. The van der Waals surface area contributed by atoms with Gasteiger partial charge in [0.15, 0.2) is 0 Å². The molecule has 0 bridgehead atoms. The Morgan fingerprint density at radius 3 is 2.82 bits per heavy atom. The van der Waals surface area contributed by atoms with Crippen molar-refractivity contribution in [3.05, 3.63) is 28.8 Å². The summed E-state index contributed by atoms with van der Waals surface area (Å²) in [6.07, 6.45) is 0. The standard InChI is InChI=1S/C11H14ClN3O2/c1-5-9(11(16)17)10(15-14-5)7-4-6(12)2-3-8(7)13/h2-5,9-10,14-15H,13H2,1H3,(H,16,17). The summed E-state index contributed by atoms with van der Waals surface area (Å²) >= 11 is 5.91. The largest absolute Gasteiger partial charge is 0.481 e. The van der Waals surface area contributed by atoms with Gasteiger partial charge in [-0.2, -0.15) is 0 Å². The fourth-order valence-corrected chi connectivity index (χ4v) is 2.31. The summed E-state index contributed by atoms with van der Waals surface area (Å²) in [6.45, 7) is 1.81. The molecule has 0 amide bonds. The van der Waals surface area contributed by atoms with Crippen LogP contribution in [0.4, 0.5) is 5.69 Å². The fourth-order valence-electron chi connectivity index (χ4n) is 2.13. The van der Waals surface area contributed by atoms with E-state index >= 15 is 0 Å². The van der Waals surface area contributed by atoms with E-state index in [0.717, 1.165) is 0 Å². The van der Waals surface area contributed by atoms with E-state index in [1.807, 2.05) is 6.92 Å². The van der Waals surface area contributed by atoms with Crippen LogP contribution in [0.5, 0.6) is 0 Å². The van der Waals surface area contributed by atoms with Crippen LogP contribution < -0.4 is 16.6 Å². The number of aliphatic carboxylic acids is 1. The highest BCUT2D eigenvalue weighted by atomic mass is 35.5. The maximum Gasteiger partial charge on any atom is 0.310 e. The van der Waals surface area contributed by atoms with Crippen LogP contribution in [0.2, 0.25) is 5.02 Å². The Bertz CT molecular complexity index is 452. The average Bonchev–Trinajstić information content (AvgIpc) is 2.64. The first kappa shape index (κ1) is 12.2. The van der Waals surface area contributed by atoms with E-state index < -0.39 is 11.9 Å². The van der Waals surface area contributed by atoms with Crippen molar-refractivity contribution in [1.82, 2.24) is 10.9 Å². The van der Waals surface area contributed by atoms with Gasteiger partial charge >= 0.3 is 5.97 Å². The van der Waals surface area contributed by atoms with Gasteiger partial charge in [-0.25, -0.2) is 5.43 Å². The highest BCUT2D eigenvalue weighted by Gasteiger charge is 2.40. The Balaban J connectivity index is 2.39. The molecular formula is C11H14ClN3O2. The summed E-state index contributed by atoms with van der Waals surface area (Å²) in [5, 5.41) is 9.76. The van der Waals surface area contributed by atoms with Gasteiger partial charge in [0.1, 0.15) is 0 Å². The lowest BCUT2D eigenvalue weighted by Gasteiger charge is -2.18. The van der Waals surface area contributed by atoms with E-state index in [0.29, 0.717) is 16.3 Å². The molecule has 92 valence electrons. The number of carboxylic acids is 1. The maximum atomic E-state index is 11.2. The van der Waals surface area contributed by atoms with Crippen molar-refractivity contribution in [1.29, 1.82) is 0 Å². The Kier molecular flexibility index (Phi) is 3.24. The molecule has 0 radical (unpaired) electrons. The third-order valence-corrected chi connectivity index (χ3v) is 3.27. The van der Waals surface area contributed by atoms with Gasteiger partial charge in [0.05, 0.1) is 12.0 Å². The molecule has 3 atom stereocenters. The first-order valence-electron chi connectivity index (χ1n) is 5.29. The number of rotatable bonds is 2. The number of nitrogen functional groups attached to an aromatic ring is 1. The van der Waals surface area contributed by atoms with E-state index in [2.05, 4.69) is 10.9 Å². The van der Waals surface area contributed by atoms with Crippen LogP contribution in [0.15, 0.2) is 18.2 Å². The summed E-state index contributed by atoms with van der Waals surface area (Å²) in [5.74, 6) is -1.44. The Morgan fingerprint density at radius 1 is 1.47 bits per heavy atom. The molecule has 2 rings (SSSR count). The van der Waals surface area contributed by atoms with Crippen LogP contribution in [0.3, 0.4) is 0 Å². The third kappa shape index (κ3) is 2.22. The number of halogens is 1. The number of hydrazine groups is 1. The average molecular weight is 256 g/mol. The molecule has 5 N–H and O–H groups in total. The zero-order chi connectivity index (χ0) is 12.6. The second-order valence-corrected chi connectivity index (χ2v) is 4.63. The van der Waals surface area contributed by atoms with Crippen molar-refractivity contribution in [3.8, 4) is 0 Å². The number of hydrogen-bond donors (Lipinski definition) is 4. The second-order valence-electron chi connectivity index (χ2n) is 4.19. The number of anilines is 1. The first-order chi connectivity index (χ1) is 8.00. The molecule has 1 heterocycles. The molecule has 5 nitrogen and oxygen atoms in total. The van der Waals surface area contributed by atoms with Gasteiger partial charge in [-0.1, -0.05) is 11.6 Å². The van der Waals surface area contributed by atoms with Crippen LogP contribution >= 0.6 is 11.6 Å². The zero-order valence-corrected chi connectivity index (χ0v) is 10.0. The van der Waals surface area contributed by atoms with Crippen molar-refractivity contribution in [2.75, 3.05) is 5.73 Å². The van der Waals surface area contributed by atoms with Crippen LogP contribution in [-0.4, -0.2) is 17.1 Å². The van der Waals surface area contributed by atoms with Crippen molar-refractivity contribution in [2.24, 2.45) is 5.92 Å². The van der Waals surface area contributed by atoms with Gasteiger partial charge in [-0.05, 0) is 30.7 Å². The minimum atomic E-state index is -0.862. The maximum absolute atomic E-state index is 11.2. The minimum Gasteiger partial charge on any atom is -0.481 e. The van der Waals surface area contributed by atoms with Crippen molar-refractivity contribution in [2.45, 2.75) is 19.0 Å². The molecule has 6 heteroatoms. The summed E-state index contributed by atoms with van der Waals surface area (Å²) in [5.41, 5.74) is 13.0. The Morgan fingerprint density at radius 2 is 2.18 bits per heavy atom. The lowest BCUT2D eigenvalue weighted by Crippen LogP contribution is -2.30. The normalized spacial score (nSPS) is 28.2. The summed E-state index contributed by atoms with van der Waals surface area (Å²) in [6, 6.07) is 4.52. The molecular weight excluding hydrogens is 242 g/mol. The zero-order valence-electron chi connectivity index (χ0n) is 9.27. The molecule has 1 aliphatic rings. The number of nitrogens with one attached hydrogen (secondary N) is 2. The van der Waals surface area contributed by atoms with Crippen molar-refractivity contribution < 1.29 is 9.90 Å². The van der Waals surface area contributed by atoms with Gasteiger partial charge in [-0.3, -0.25) is 10.2 Å². The molecule has 1 fully saturated rings. The molecule has 0 aromatic heterocycles. The lowest BCUT2D eigenvalue weighted by molar-refractivity contribution is -0.142. The molecule has 0 spiro atoms. The molecule has 1 aliphatic heterocycles. The topological polar surface area (TPSA) is 87.4 Å². The van der Waals surface area contributed by atoms with Crippen LogP contribution in [0, 0.1) is 5.92 Å². The van der Waals surface area contributed by atoms with E-state index in [1.54, 1.807) is 18.2 Å². The minimum absolute atomic E-state index is 0.170. The lowest BCUT2D eigenvalue weighted by atomic mass is 9.89. The second kappa shape index (κ2) is 4.52. The van der Waals surface area contributed by atoms with Gasteiger partial charge < -0.3 is 10.8 Å². The number of carbonyl (C=O) groups is 1. The quantitative estimate of drug-likeness (QED) is 0.596. The number of benzene rings is 1. The van der Waals surface area contributed by atoms with Gasteiger partial charge in [0, 0.05) is 16.8 Å². The number of hydrogen-bond acceptors (Lipinski definition) is 4. The van der Waals surface area contributed by atoms with Crippen molar-refractivity contribution in [3.63, 3.8) is 0 Å². The van der Waals surface area contributed by atoms with Crippen molar-refractivity contribution >= 4 is 23.3 Å². The Labute approximate surface area is 104 Å². The SMILES string of the molecule is CC1NNC(c2cc(Cl)ccc2N)C1C(=O)O. The predicted molar refractivity (Wildman–Crippen MR) is 65.5 cm³/mol. The van der Waals surface area contributed by atoms with Crippen LogP contribution in [0.1, 0.15) is 18.5 Å². The molecule has 1 aromatic carbocycles. The number of nitrogens with two attached hydrogens (primary N) is 1. The highest BCUT2D eigenvalue weighted by molar-refractivity contribution is 6.30. The summed E-state index contributed by atoms with van der Waals surface area (Å²) < 4.78 is 0. The van der Waals surface area contributed by atoms with Gasteiger partial charge in [0.2, 0.25) is 0 Å². The van der Waals surface area contributed by atoms with Crippen LogP contribution in [0.25, 0.3) is 0 Å². The van der Waals surface area contributed by atoms with E-state index in [4.69, 9.17) is 17.3 Å². The third-order valence-electron chi connectivity index (χ3n) is 3.03. The van der Waals surface area contributed by atoms with Gasteiger partial charge in [-0.15, -0.1) is 0 Å². The van der Waals surface area contributed by atoms with E-state index in [1.165, 1.54) is 0 Å². The molecule has 1 saturated heterocycles. The monoisotopic (exact) mass is 255 g/mol. The first-order valence-corrected chi connectivity index (χ1v) is 5.67. The molecule has 17 heavy (non-hydrogen) atoms. The van der Waals surface area contributed by atoms with E-state index in [9.17, 15) is 9.90 Å². The fraction of sp³-hybridized carbons (Fsp3) is 0.364. The summed E-state index contributed by atoms with van der Waals surface area (Å²) in [4.78, 5) is 11.2. The number of carboxylic acid groups (broad SMARTS) is 1. The van der Waals surface area contributed by atoms with Crippen LogP contribution in [-0.2, 0) is 4.79 Å². The van der Waals surface area contributed by atoms with Gasteiger partial charge in [0.25, 0.3) is 0 Å². The molecule has 3 unspecified atom stereocenters. The smallest absolute Gasteiger partial charge is 0.310 e. The Hall–Kier alpha value is -1.30. The highest BCUT2D eigenvalue weighted by Crippen LogP contribution is 2.33. The van der Waals surface area contributed by atoms with E-state index in [-0.39, 0.29) is 12.1 Å². The summed E-state index contributed by atoms with van der Waals surface area (Å²) in [7, 11) is 0.